The van der Waals surface area contributed by atoms with Gasteiger partial charge in [0.05, 0.1) is 30.8 Å². The van der Waals surface area contributed by atoms with E-state index in [1.165, 1.54) is 7.11 Å². The van der Waals surface area contributed by atoms with Crippen LogP contribution >= 0.6 is 0 Å². The summed E-state index contributed by atoms with van der Waals surface area (Å²) in [5, 5.41) is 24.5. The number of methoxy groups -OCH3 is 1. The molecule has 0 fully saturated rings. The molecule has 0 saturated carbocycles. The van der Waals surface area contributed by atoms with E-state index in [1.54, 1.807) is 17.0 Å². The van der Waals surface area contributed by atoms with Gasteiger partial charge in [-0.25, -0.2) is 9.59 Å². The molecule has 0 radical (unpaired) electrons. The number of carboxylic acid groups (broad SMARTS) is 2. The maximum absolute atomic E-state index is 11.5. The predicted molar refractivity (Wildman–Crippen MR) is 93.1 cm³/mol. The normalized spacial score (nSPS) is 17.3. The lowest BCUT2D eigenvalue weighted by Gasteiger charge is -2.19. The Morgan fingerprint density at radius 3 is 2.73 bits per heavy atom. The van der Waals surface area contributed by atoms with E-state index < -0.39 is 11.9 Å². The molecule has 0 amide bonds. The van der Waals surface area contributed by atoms with Gasteiger partial charge in [0.25, 0.3) is 0 Å². The fourth-order valence-electron chi connectivity index (χ4n) is 3.21. The number of allylic oxidation sites excluding steroid dienone is 2. The van der Waals surface area contributed by atoms with Gasteiger partial charge in [-0.05, 0) is 36.6 Å². The van der Waals surface area contributed by atoms with Crippen molar-refractivity contribution in [1.29, 1.82) is 0 Å². The fraction of sp³-hybridized carbons (Fsp3) is 0.278. The van der Waals surface area contributed by atoms with Crippen LogP contribution in [0, 0.1) is 0 Å². The Morgan fingerprint density at radius 1 is 1.42 bits per heavy atom. The molecule has 0 saturated heterocycles. The molecule has 136 valence electrons. The van der Waals surface area contributed by atoms with Gasteiger partial charge in [-0.1, -0.05) is 0 Å². The van der Waals surface area contributed by atoms with Gasteiger partial charge in [-0.3, -0.25) is 4.68 Å². The molecular weight excluding hydrogens is 338 g/mol. The molecule has 8 nitrogen and oxygen atoms in total. The van der Waals surface area contributed by atoms with Crippen LogP contribution in [0.2, 0.25) is 0 Å². The van der Waals surface area contributed by atoms with Crippen molar-refractivity contribution in [2.24, 2.45) is 5.73 Å². The van der Waals surface area contributed by atoms with Gasteiger partial charge in [0.2, 0.25) is 0 Å². The number of carboxylic acids is 2. The van der Waals surface area contributed by atoms with Crippen LogP contribution in [0.4, 0.5) is 0 Å². The molecule has 0 aliphatic heterocycles. The van der Waals surface area contributed by atoms with Crippen molar-refractivity contribution >= 4 is 23.6 Å². The standard InChI is InChI=1S/C18H19N3O5/c1-9(19)8-21-15-5-13-12(14(15)7-20-21)3-10(4-16(13)26-2)11(18(24)25)6-17(22)23/h4-7,9H,3,8,19H2,1-2H3,(H,22,23)(H,24,25)/b11-6-. The van der Waals surface area contributed by atoms with Crippen molar-refractivity contribution in [3.8, 4) is 0 Å². The van der Waals surface area contributed by atoms with Crippen molar-refractivity contribution in [3.63, 3.8) is 0 Å². The van der Waals surface area contributed by atoms with Crippen LogP contribution < -0.4 is 16.3 Å². The zero-order chi connectivity index (χ0) is 19.0. The molecule has 2 aliphatic carbocycles. The number of hydrogen-bond donors (Lipinski definition) is 3. The van der Waals surface area contributed by atoms with Gasteiger partial charge in [0.15, 0.2) is 0 Å². The summed E-state index contributed by atoms with van der Waals surface area (Å²) >= 11 is 0. The summed E-state index contributed by atoms with van der Waals surface area (Å²) < 4.78 is 7.22. The molecule has 3 rings (SSSR count). The molecule has 1 atom stereocenters. The molecule has 2 aliphatic rings. The molecule has 8 heteroatoms. The molecule has 0 spiro atoms. The first-order valence-electron chi connectivity index (χ1n) is 8.01. The summed E-state index contributed by atoms with van der Waals surface area (Å²) in [7, 11) is 1.49. The summed E-state index contributed by atoms with van der Waals surface area (Å²) in [6.07, 6.45) is 6.21. The quantitative estimate of drug-likeness (QED) is 0.586. The molecule has 0 aromatic carbocycles. The maximum Gasteiger partial charge on any atom is 0.336 e. The third-order valence-corrected chi connectivity index (χ3v) is 4.27. The van der Waals surface area contributed by atoms with Gasteiger partial charge >= 0.3 is 11.9 Å². The molecule has 1 heterocycles. The van der Waals surface area contributed by atoms with Crippen LogP contribution in [-0.2, 0) is 20.9 Å². The van der Waals surface area contributed by atoms with Crippen LogP contribution in [0.15, 0.2) is 40.8 Å². The van der Waals surface area contributed by atoms with Crippen LogP contribution in [-0.4, -0.2) is 45.1 Å². The predicted octanol–water partition coefficient (Wildman–Crippen LogP) is -0.499. The minimum Gasteiger partial charge on any atom is -0.496 e. The van der Waals surface area contributed by atoms with Gasteiger partial charge in [0.1, 0.15) is 5.76 Å². The SMILES string of the molecule is COC1=C2C=c3c(cnn3CC(C)N)=C2CC(/C(=C/C(=O)O)C(=O)O)=C1. The number of aromatic nitrogens is 2. The second kappa shape index (κ2) is 6.64. The van der Waals surface area contributed by atoms with Crippen molar-refractivity contribution in [3.05, 3.63) is 51.4 Å². The number of carbonyl (C=O) groups is 2. The van der Waals surface area contributed by atoms with E-state index in [2.05, 4.69) is 5.10 Å². The van der Waals surface area contributed by atoms with Gasteiger partial charge < -0.3 is 20.7 Å². The lowest BCUT2D eigenvalue weighted by atomic mass is 9.88. The second-order valence-corrected chi connectivity index (χ2v) is 6.26. The average Bonchev–Trinajstić information content (AvgIpc) is 3.11. The number of nitrogens with zero attached hydrogens (tertiary/aromatic N) is 2. The number of ether oxygens (including phenoxy) is 1. The molecule has 1 unspecified atom stereocenters. The minimum absolute atomic E-state index is 0.0679. The molecule has 26 heavy (non-hydrogen) atoms. The topological polar surface area (TPSA) is 128 Å². The van der Waals surface area contributed by atoms with Gasteiger partial charge in [0, 0.05) is 22.9 Å². The third-order valence-electron chi connectivity index (χ3n) is 4.27. The Balaban J connectivity index is 2.15. The first kappa shape index (κ1) is 17.7. The molecule has 0 bridgehead atoms. The second-order valence-electron chi connectivity index (χ2n) is 6.26. The highest BCUT2D eigenvalue weighted by Crippen LogP contribution is 2.35. The zero-order valence-electron chi connectivity index (χ0n) is 14.4. The van der Waals surface area contributed by atoms with E-state index in [-0.39, 0.29) is 18.0 Å². The Kier molecular flexibility index (Phi) is 4.52. The highest BCUT2D eigenvalue weighted by atomic mass is 16.5. The number of rotatable bonds is 6. The summed E-state index contributed by atoms with van der Waals surface area (Å²) in [5.41, 5.74) is 7.68. The van der Waals surface area contributed by atoms with Crippen molar-refractivity contribution in [2.75, 3.05) is 7.11 Å². The highest BCUT2D eigenvalue weighted by molar-refractivity contribution is 6.00. The number of aliphatic carboxylic acids is 2. The van der Waals surface area contributed by atoms with E-state index in [9.17, 15) is 14.7 Å². The molecule has 1 aromatic heterocycles. The van der Waals surface area contributed by atoms with Crippen LogP contribution in [0.25, 0.3) is 11.6 Å². The monoisotopic (exact) mass is 357 g/mol. The Labute approximate surface area is 148 Å². The van der Waals surface area contributed by atoms with E-state index >= 15 is 0 Å². The minimum atomic E-state index is -1.31. The Bertz CT molecular complexity index is 1010. The first-order valence-corrected chi connectivity index (χ1v) is 8.01. The van der Waals surface area contributed by atoms with Crippen LogP contribution in [0.5, 0.6) is 0 Å². The summed E-state index contributed by atoms with van der Waals surface area (Å²) in [5.74, 6) is -2.12. The van der Waals surface area contributed by atoms with Gasteiger partial charge in [-0.15, -0.1) is 0 Å². The zero-order valence-corrected chi connectivity index (χ0v) is 14.4. The molecule has 4 N–H and O–H groups in total. The summed E-state index contributed by atoms with van der Waals surface area (Å²) in [6.45, 7) is 2.44. The maximum atomic E-state index is 11.5. The van der Waals surface area contributed by atoms with Crippen LogP contribution in [0.3, 0.4) is 0 Å². The highest BCUT2D eigenvalue weighted by Gasteiger charge is 2.27. The van der Waals surface area contributed by atoms with E-state index in [1.807, 2.05) is 13.0 Å². The largest absolute Gasteiger partial charge is 0.496 e. The Hall–Kier alpha value is -3.13. The van der Waals surface area contributed by atoms with Gasteiger partial charge in [-0.2, -0.15) is 5.10 Å². The molecular formula is C18H19N3O5. The van der Waals surface area contributed by atoms with Crippen molar-refractivity contribution in [1.82, 2.24) is 9.78 Å². The third kappa shape index (κ3) is 3.06. The summed E-state index contributed by atoms with van der Waals surface area (Å²) in [4.78, 5) is 22.5. The smallest absolute Gasteiger partial charge is 0.336 e. The first-order chi connectivity index (χ1) is 12.3. The Morgan fingerprint density at radius 2 is 2.15 bits per heavy atom. The van der Waals surface area contributed by atoms with E-state index in [4.69, 9.17) is 15.6 Å². The fourth-order valence-corrected chi connectivity index (χ4v) is 3.21. The average molecular weight is 357 g/mol. The lowest BCUT2D eigenvalue weighted by molar-refractivity contribution is -0.134. The van der Waals surface area contributed by atoms with Crippen LogP contribution in [0.1, 0.15) is 13.3 Å². The van der Waals surface area contributed by atoms with E-state index in [0.29, 0.717) is 24.0 Å². The van der Waals surface area contributed by atoms with Crippen molar-refractivity contribution in [2.45, 2.75) is 25.9 Å². The lowest BCUT2D eigenvalue weighted by Crippen LogP contribution is -2.33. The van der Waals surface area contributed by atoms with Crippen molar-refractivity contribution < 1.29 is 24.5 Å². The number of hydrogen-bond acceptors (Lipinski definition) is 5. The summed E-state index contributed by atoms with van der Waals surface area (Å²) in [6, 6.07) is -0.0679. The number of nitrogens with two attached hydrogens (primary N) is 1. The van der Waals surface area contributed by atoms with E-state index in [0.717, 1.165) is 21.7 Å². The molecule has 1 aromatic rings. The number of fused-ring (bicyclic) bond motifs is 2.